The minimum Gasteiger partial charge on any atom is -0.487 e. The highest BCUT2D eigenvalue weighted by molar-refractivity contribution is 5.87. The predicted molar refractivity (Wildman–Crippen MR) is 66.7 cm³/mol. The molecule has 0 fully saturated rings. The number of carboxylic acid groups (broad SMARTS) is 1. The van der Waals surface area contributed by atoms with Crippen molar-refractivity contribution in [1.29, 1.82) is 0 Å². The SMILES string of the molecule is Cc1cccc(COc2cccc(C(=O)O)c2)n1. The Kier molecular flexibility index (Phi) is 3.57. The number of pyridine rings is 1. The number of aryl methyl sites for hydroxylation is 1. The topological polar surface area (TPSA) is 59.4 Å². The Morgan fingerprint density at radius 3 is 2.78 bits per heavy atom. The first-order valence-electron chi connectivity index (χ1n) is 5.54. The van der Waals surface area contributed by atoms with E-state index in [1.165, 1.54) is 12.1 Å². The summed E-state index contributed by atoms with van der Waals surface area (Å²) in [5, 5.41) is 8.86. The summed E-state index contributed by atoms with van der Waals surface area (Å²) in [7, 11) is 0. The standard InChI is InChI=1S/C14H13NO3/c1-10-4-2-6-12(15-10)9-18-13-7-3-5-11(8-13)14(16)17/h2-8H,9H2,1H3,(H,16,17). The Bertz CT molecular complexity index is 566. The molecular weight excluding hydrogens is 230 g/mol. The van der Waals surface area contributed by atoms with E-state index in [0.717, 1.165) is 11.4 Å². The molecule has 0 aliphatic heterocycles. The number of ether oxygens (including phenoxy) is 1. The van der Waals surface area contributed by atoms with Gasteiger partial charge in [-0.1, -0.05) is 12.1 Å². The molecule has 0 amide bonds. The first-order valence-corrected chi connectivity index (χ1v) is 5.54. The second-order valence-electron chi connectivity index (χ2n) is 3.89. The van der Waals surface area contributed by atoms with E-state index in [2.05, 4.69) is 4.98 Å². The lowest BCUT2D eigenvalue weighted by Gasteiger charge is -2.06. The van der Waals surface area contributed by atoms with Crippen molar-refractivity contribution in [3.63, 3.8) is 0 Å². The van der Waals surface area contributed by atoms with Crippen molar-refractivity contribution in [3.8, 4) is 5.75 Å². The largest absolute Gasteiger partial charge is 0.487 e. The molecule has 0 unspecified atom stereocenters. The zero-order valence-corrected chi connectivity index (χ0v) is 9.96. The summed E-state index contributed by atoms with van der Waals surface area (Å²) in [4.78, 5) is 15.1. The number of carbonyl (C=O) groups is 1. The van der Waals surface area contributed by atoms with Crippen LogP contribution in [-0.2, 0) is 6.61 Å². The summed E-state index contributed by atoms with van der Waals surface area (Å²) in [6.07, 6.45) is 0. The molecule has 0 saturated carbocycles. The van der Waals surface area contributed by atoms with Gasteiger partial charge in [0.05, 0.1) is 11.3 Å². The van der Waals surface area contributed by atoms with Crippen LogP contribution in [0.15, 0.2) is 42.5 Å². The minimum absolute atomic E-state index is 0.213. The van der Waals surface area contributed by atoms with Crippen molar-refractivity contribution in [1.82, 2.24) is 4.98 Å². The summed E-state index contributed by atoms with van der Waals surface area (Å²) < 4.78 is 5.51. The first-order chi connectivity index (χ1) is 8.65. The van der Waals surface area contributed by atoms with Gasteiger partial charge in [0.25, 0.3) is 0 Å². The molecule has 4 nitrogen and oxygen atoms in total. The minimum atomic E-state index is -0.964. The smallest absolute Gasteiger partial charge is 0.335 e. The lowest BCUT2D eigenvalue weighted by Crippen LogP contribution is -2.01. The highest BCUT2D eigenvalue weighted by atomic mass is 16.5. The van der Waals surface area contributed by atoms with Gasteiger partial charge in [0, 0.05) is 5.69 Å². The summed E-state index contributed by atoms with van der Waals surface area (Å²) >= 11 is 0. The molecule has 1 aromatic heterocycles. The van der Waals surface area contributed by atoms with Gasteiger partial charge in [-0.2, -0.15) is 0 Å². The van der Waals surface area contributed by atoms with Crippen LogP contribution < -0.4 is 4.74 Å². The molecule has 2 rings (SSSR count). The second-order valence-corrected chi connectivity index (χ2v) is 3.89. The molecule has 0 saturated heterocycles. The highest BCUT2D eigenvalue weighted by Gasteiger charge is 2.04. The number of benzene rings is 1. The third kappa shape index (κ3) is 3.07. The lowest BCUT2D eigenvalue weighted by molar-refractivity contribution is 0.0696. The zero-order valence-electron chi connectivity index (χ0n) is 9.96. The van der Waals surface area contributed by atoms with Crippen molar-refractivity contribution < 1.29 is 14.6 Å². The van der Waals surface area contributed by atoms with Crippen LogP contribution in [0.5, 0.6) is 5.75 Å². The van der Waals surface area contributed by atoms with Gasteiger partial charge in [-0.25, -0.2) is 4.79 Å². The Hall–Kier alpha value is -2.36. The van der Waals surface area contributed by atoms with Gasteiger partial charge in [-0.15, -0.1) is 0 Å². The van der Waals surface area contributed by atoms with E-state index in [9.17, 15) is 4.79 Å². The van der Waals surface area contributed by atoms with Crippen LogP contribution in [0, 0.1) is 6.92 Å². The quantitative estimate of drug-likeness (QED) is 0.896. The van der Waals surface area contributed by atoms with Crippen LogP contribution >= 0.6 is 0 Å². The number of nitrogens with zero attached hydrogens (tertiary/aromatic N) is 1. The molecule has 0 bridgehead atoms. The number of hydrogen-bond acceptors (Lipinski definition) is 3. The average molecular weight is 243 g/mol. The van der Waals surface area contributed by atoms with Crippen LogP contribution in [0.1, 0.15) is 21.7 Å². The fourth-order valence-electron chi connectivity index (χ4n) is 1.56. The van der Waals surface area contributed by atoms with Crippen LogP contribution in [0.3, 0.4) is 0 Å². The van der Waals surface area contributed by atoms with E-state index < -0.39 is 5.97 Å². The number of hydrogen-bond donors (Lipinski definition) is 1. The molecule has 0 aliphatic carbocycles. The van der Waals surface area contributed by atoms with Gasteiger partial charge < -0.3 is 9.84 Å². The molecule has 2 aromatic rings. The molecule has 92 valence electrons. The first kappa shape index (κ1) is 12.1. The number of carboxylic acids is 1. The maximum Gasteiger partial charge on any atom is 0.335 e. The molecule has 1 heterocycles. The molecule has 1 N–H and O–H groups in total. The Balaban J connectivity index is 2.06. The maximum atomic E-state index is 10.8. The van der Waals surface area contributed by atoms with Crippen LogP contribution in [0.25, 0.3) is 0 Å². The van der Waals surface area contributed by atoms with E-state index in [1.807, 2.05) is 25.1 Å². The summed E-state index contributed by atoms with van der Waals surface area (Å²) in [5.41, 5.74) is 1.95. The fraction of sp³-hybridized carbons (Fsp3) is 0.143. The van der Waals surface area contributed by atoms with Crippen LogP contribution in [-0.4, -0.2) is 16.1 Å². The van der Waals surface area contributed by atoms with Crippen molar-refractivity contribution >= 4 is 5.97 Å². The Morgan fingerprint density at radius 2 is 2.06 bits per heavy atom. The van der Waals surface area contributed by atoms with Crippen molar-refractivity contribution in [2.24, 2.45) is 0 Å². The third-order valence-electron chi connectivity index (χ3n) is 2.41. The van der Waals surface area contributed by atoms with Gasteiger partial charge in [-0.3, -0.25) is 4.98 Å². The van der Waals surface area contributed by atoms with Gasteiger partial charge >= 0.3 is 5.97 Å². The lowest BCUT2D eigenvalue weighted by atomic mass is 10.2. The summed E-state index contributed by atoms with van der Waals surface area (Å²) in [5.74, 6) is -0.438. The van der Waals surface area contributed by atoms with E-state index >= 15 is 0 Å². The average Bonchev–Trinajstić information content (AvgIpc) is 2.37. The number of aromatic nitrogens is 1. The molecule has 0 aliphatic rings. The van der Waals surface area contributed by atoms with E-state index in [0.29, 0.717) is 12.4 Å². The van der Waals surface area contributed by atoms with Crippen molar-refractivity contribution in [3.05, 3.63) is 59.4 Å². The van der Waals surface area contributed by atoms with E-state index in [4.69, 9.17) is 9.84 Å². The Morgan fingerprint density at radius 1 is 1.28 bits per heavy atom. The molecule has 0 spiro atoms. The van der Waals surface area contributed by atoms with Gasteiger partial charge in [0.15, 0.2) is 0 Å². The van der Waals surface area contributed by atoms with Gasteiger partial charge in [0.2, 0.25) is 0 Å². The van der Waals surface area contributed by atoms with Crippen molar-refractivity contribution in [2.45, 2.75) is 13.5 Å². The molecule has 18 heavy (non-hydrogen) atoms. The molecular formula is C14H13NO3. The number of rotatable bonds is 4. The summed E-state index contributed by atoms with van der Waals surface area (Å²) in [6, 6.07) is 12.1. The molecule has 1 aromatic carbocycles. The summed E-state index contributed by atoms with van der Waals surface area (Å²) in [6.45, 7) is 2.24. The highest BCUT2D eigenvalue weighted by Crippen LogP contribution is 2.14. The number of aromatic carboxylic acids is 1. The molecule has 0 radical (unpaired) electrons. The molecule has 0 atom stereocenters. The normalized spacial score (nSPS) is 10.1. The predicted octanol–water partition coefficient (Wildman–Crippen LogP) is 2.67. The van der Waals surface area contributed by atoms with Crippen molar-refractivity contribution in [2.75, 3.05) is 0 Å². The van der Waals surface area contributed by atoms with Crippen LogP contribution in [0.2, 0.25) is 0 Å². The van der Waals surface area contributed by atoms with Crippen LogP contribution in [0.4, 0.5) is 0 Å². The second kappa shape index (κ2) is 5.31. The van der Waals surface area contributed by atoms with E-state index in [1.54, 1.807) is 12.1 Å². The monoisotopic (exact) mass is 243 g/mol. The Labute approximate surface area is 105 Å². The molecule has 4 heteroatoms. The maximum absolute atomic E-state index is 10.8. The third-order valence-corrected chi connectivity index (χ3v) is 2.41. The fourth-order valence-corrected chi connectivity index (χ4v) is 1.56. The zero-order chi connectivity index (χ0) is 13.0. The van der Waals surface area contributed by atoms with E-state index in [-0.39, 0.29) is 5.56 Å². The van der Waals surface area contributed by atoms with Gasteiger partial charge in [-0.05, 0) is 37.3 Å². The van der Waals surface area contributed by atoms with Gasteiger partial charge in [0.1, 0.15) is 12.4 Å².